The Labute approximate surface area is 153 Å². The lowest BCUT2D eigenvalue weighted by Crippen LogP contribution is -2.49. The van der Waals surface area contributed by atoms with Crippen molar-refractivity contribution in [2.45, 2.75) is 44.2 Å². The second-order valence-corrected chi connectivity index (χ2v) is 6.93. The summed E-state index contributed by atoms with van der Waals surface area (Å²) in [5, 5.41) is 4.96. The van der Waals surface area contributed by atoms with Crippen molar-refractivity contribution in [3.05, 3.63) is 30.3 Å². The van der Waals surface area contributed by atoms with Gasteiger partial charge in [-0.3, -0.25) is 19.8 Å². The van der Waals surface area contributed by atoms with Crippen LogP contribution in [0, 0.1) is 5.92 Å². The zero-order chi connectivity index (χ0) is 18.5. The number of likely N-dealkylation sites (tertiary alicyclic amines) is 1. The molecule has 1 aromatic rings. The minimum atomic E-state index is -0.574. The van der Waals surface area contributed by atoms with E-state index in [1.165, 1.54) is 7.11 Å². The summed E-state index contributed by atoms with van der Waals surface area (Å²) in [5.74, 6) is -0.307. The van der Waals surface area contributed by atoms with E-state index in [0.717, 1.165) is 32.1 Å². The largest absolute Gasteiger partial charge is 0.468 e. The van der Waals surface area contributed by atoms with Crippen LogP contribution in [-0.4, -0.2) is 48.5 Å². The number of carbonyl (C=O) groups is 3. The number of imide groups is 1. The third kappa shape index (κ3) is 4.22. The fourth-order valence-electron chi connectivity index (χ4n) is 4.16. The molecule has 1 aliphatic carbocycles. The number of anilines is 1. The van der Waals surface area contributed by atoms with Gasteiger partial charge < -0.3 is 10.1 Å². The number of esters is 1. The number of ether oxygens (including phenoxy) is 1. The van der Waals surface area contributed by atoms with Crippen molar-refractivity contribution in [2.24, 2.45) is 5.92 Å². The lowest BCUT2D eigenvalue weighted by atomic mass is 9.85. The van der Waals surface area contributed by atoms with E-state index < -0.39 is 18.0 Å². The summed E-state index contributed by atoms with van der Waals surface area (Å²) >= 11 is 0. The van der Waals surface area contributed by atoms with Crippen LogP contribution in [0.4, 0.5) is 10.5 Å². The number of nitrogens with one attached hydrogen (secondary N) is 2. The molecule has 3 amide bonds. The number of amides is 3. The lowest BCUT2D eigenvalue weighted by Gasteiger charge is -2.32. The Morgan fingerprint density at radius 3 is 2.62 bits per heavy atom. The number of carbonyl (C=O) groups excluding carboxylic acids is 3. The molecule has 3 rings (SSSR count). The Morgan fingerprint density at radius 1 is 1.15 bits per heavy atom. The molecule has 0 bridgehead atoms. The van der Waals surface area contributed by atoms with E-state index in [1.807, 2.05) is 11.0 Å². The molecule has 7 nitrogen and oxygen atoms in total. The molecule has 3 atom stereocenters. The van der Waals surface area contributed by atoms with Gasteiger partial charge in [-0.25, -0.2) is 4.79 Å². The molecule has 3 unspecified atom stereocenters. The highest BCUT2D eigenvalue weighted by molar-refractivity contribution is 6.01. The number of hydrogen-bond donors (Lipinski definition) is 2. The summed E-state index contributed by atoms with van der Waals surface area (Å²) in [6.45, 7) is 0.0170. The van der Waals surface area contributed by atoms with Gasteiger partial charge in [-0.15, -0.1) is 0 Å². The SMILES string of the molecule is COC(=O)C1CC2CCCCC2N1CC(=O)NC(=O)Nc1ccccc1. The predicted octanol–water partition coefficient (Wildman–Crippen LogP) is 2.14. The van der Waals surface area contributed by atoms with Crippen molar-refractivity contribution in [3.63, 3.8) is 0 Å². The van der Waals surface area contributed by atoms with Crippen molar-refractivity contribution in [3.8, 4) is 0 Å². The highest BCUT2D eigenvalue weighted by Crippen LogP contribution is 2.39. The first-order chi connectivity index (χ1) is 12.6. The van der Waals surface area contributed by atoms with Crippen molar-refractivity contribution in [2.75, 3.05) is 19.0 Å². The number of fused-ring (bicyclic) bond motifs is 1. The molecule has 0 aromatic heterocycles. The van der Waals surface area contributed by atoms with Gasteiger partial charge in [-0.2, -0.15) is 0 Å². The normalized spacial score (nSPS) is 25.2. The third-order valence-corrected chi connectivity index (χ3v) is 5.31. The average Bonchev–Trinajstić information content (AvgIpc) is 3.00. The van der Waals surface area contributed by atoms with E-state index in [0.29, 0.717) is 11.6 Å². The number of nitrogens with zero attached hydrogens (tertiary/aromatic N) is 1. The fraction of sp³-hybridized carbons (Fsp3) is 0.526. The highest BCUT2D eigenvalue weighted by atomic mass is 16.5. The van der Waals surface area contributed by atoms with Crippen molar-refractivity contribution in [1.82, 2.24) is 10.2 Å². The number of benzene rings is 1. The number of urea groups is 1. The fourth-order valence-corrected chi connectivity index (χ4v) is 4.16. The molecule has 1 heterocycles. The Balaban J connectivity index is 1.60. The molecule has 2 fully saturated rings. The third-order valence-electron chi connectivity index (χ3n) is 5.31. The van der Waals surface area contributed by atoms with Gasteiger partial charge in [0.25, 0.3) is 0 Å². The van der Waals surface area contributed by atoms with Gasteiger partial charge in [0.05, 0.1) is 13.7 Å². The molecule has 2 N–H and O–H groups in total. The molecule has 1 aliphatic heterocycles. The van der Waals surface area contributed by atoms with Crippen LogP contribution in [0.1, 0.15) is 32.1 Å². The molecule has 7 heteroatoms. The lowest BCUT2D eigenvalue weighted by molar-refractivity contribution is -0.146. The standard InChI is InChI=1S/C19H25N3O4/c1-26-18(24)16-11-13-7-5-6-10-15(13)22(16)12-17(23)21-19(25)20-14-8-3-2-4-9-14/h2-4,8-9,13,15-16H,5-7,10-12H2,1H3,(H2,20,21,23,25). The minimum Gasteiger partial charge on any atom is -0.468 e. The van der Waals surface area contributed by atoms with Crippen LogP contribution < -0.4 is 10.6 Å². The molecule has 140 valence electrons. The topological polar surface area (TPSA) is 87.7 Å². The van der Waals surface area contributed by atoms with Crippen molar-refractivity contribution in [1.29, 1.82) is 0 Å². The first-order valence-electron chi connectivity index (χ1n) is 9.08. The van der Waals surface area contributed by atoms with E-state index in [4.69, 9.17) is 4.74 Å². The summed E-state index contributed by atoms with van der Waals surface area (Å²) in [4.78, 5) is 38.4. The van der Waals surface area contributed by atoms with Gasteiger partial charge >= 0.3 is 12.0 Å². The van der Waals surface area contributed by atoms with Gasteiger partial charge in [0, 0.05) is 11.7 Å². The monoisotopic (exact) mass is 359 g/mol. The highest BCUT2D eigenvalue weighted by Gasteiger charge is 2.46. The van der Waals surface area contributed by atoms with Crippen LogP contribution in [-0.2, 0) is 14.3 Å². The minimum absolute atomic E-state index is 0.0170. The van der Waals surface area contributed by atoms with Gasteiger partial charge in [-0.1, -0.05) is 31.0 Å². The second-order valence-electron chi connectivity index (χ2n) is 6.93. The van der Waals surface area contributed by atoms with Gasteiger partial charge in [0.1, 0.15) is 6.04 Å². The number of hydrogen-bond acceptors (Lipinski definition) is 5. The molecule has 1 aromatic carbocycles. The maximum absolute atomic E-state index is 12.4. The summed E-state index contributed by atoms with van der Waals surface area (Å²) in [7, 11) is 1.37. The molecule has 26 heavy (non-hydrogen) atoms. The first-order valence-corrected chi connectivity index (χ1v) is 9.08. The van der Waals surface area contributed by atoms with E-state index >= 15 is 0 Å². The quantitative estimate of drug-likeness (QED) is 0.804. The molecule has 0 radical (unpaired) electrons. The van der Waals surface area contributed by atoms with E-state index in [9.17, 15) is 14.4 Å². The van der Waals surface area contributed by atoms with Crippen LogP contribution in [0.5, 0.6) is 0 Å². The molecule has 0 spiro atoms. The number of methoxy groups -OCH3 is 1. The van der Waals surface area contributed by atoms with Crippen molar-refractivity contribution < 1.29 is 19.1 Å². The summed E-state index contributed by atoms with van der Waals surface area (Å²) in [5.41, 5.74) is 0.610. The Hall–Kier alpha value is -2.41. The molecule has 2 aliphatic rings. The summed E-state index contributed by atoms with van der Waals surface area (Å²) < 4.78 is 4.92. The molecule has 1 saturated heterocycles. The van der Waals surface area contributed by atoms with E-state index in [-0.39, 0.29) is 18.6 Å². The van der Waals surface area contributed by atoms with Crippen LogP contribution in [0.15, 0.2) is 30.3 Å². The van der Waals surface area contributed by atoms with Crippen molar-refractivity contribution >= 4 is 23.6 Å². The maximum atomic E-state index is 12.4. The molecular formula is C19H25N3O4. The van der Waals surface area contributed by atoms with Gasteiger partial charge in [0.15, 0.2) is 0 Å². The number of rotatable bonds is 4. The van der Waals surface area contributed by atoms with Crippen LogP contribution >= 0.6 is 0 Å². The molecule has 1 saturated carbocycles. The predicted molar refractivity (Wildman–Crippen MR) is 96.5 cm³/mol. The Morgan fingerprint density at radius 2 is 1.88 bits per heavy atom. The maximum Gasteiger partial charge on any atom is 0.325 e. The first kappa shape index (κ1) is 18.4. The van der Waals surface area contributed by atoms with Crippen LogP contribution in [0.3, 0.4) is 0 Å². The van der Waals surface area contributed by atoms with Crippen LogP contribution in [0.25, 0.3) is 0 Å². The van der Waals surface area contributed by atoms with Crippen LogP contribution in [0.2, 0.25) is 0 Å². The zero-order valence-corrected chi connectivity index (χ0v) is 14.9. The zero-order valence-electron chi connectivity index (χ0n) is 14.9. The summed E-state index contributed by atoms with van der Waals surface area (Å²) in [6, 6.07) is 8.14. The summed E-state index contributed by atoms with van der Waals surface area (Å²) in [6.07, 6.45) is 5.03. The average molecular weight is 359 g/mol. The van der Waals surface area contributed by atoms with E-state index in [1.54, 1.807) is 24.3 Å². The Kier molecular flexibility index (Phi) is 5.88. The van der Waals surface area contributed by atoms with Gasteiger partial charge in [0.2, 0.25) is 5.91 Å². The number of para-hydroxylation sites is 1. The smallest absolute Gasteiger partial charge is 0.325 e. The van der Waals surface area contributed by atoms with E-state index in [2.05, 4.69) is 10.6 Å². The molecular weight excluding hydrogens is 334 g/mol. The Bertz CT molecular complexity index is 664. The van der Waals surface area contributed by atoms with Gasteiger partial charge in [-0.05, 0) is 37.3 Å². The second kappa shape index (κ2) is 8.31.